The quantitative estimate of drug-likeness (QED) is 0.663. The van der Waals surface area contributed by atoms with Crippen LogP contribution in [-0.4, -0.2) is 36.0 Å². The van der Waals surface area contributed by atoms with Crippen LogP contribution >= 0.6 is 0 Å². The zero-order valence-corrected chi connectivity index (χ0v) is 11.1. The zero-order chi connectivity index (χ0) is 12.9. The Morgan fingerprint density at radius 1 is 1.24 bits per heavy atom. The topological polar surface area (TPSA) is 46.6 Å². The summed E-state index contributed by atoms with van der Waals surface area (Å²) in [6, 6.07) is 0. The van der Waals surface area contributed by atoms with Crippen LogP contribution < -0.4 is 0 Å². The third-order valence-electron chi connectivity index (χ3n) is 2.85. The average molecular weight is 241 g/mol. The van der Waals surface area contributed by atoms with Crippen LogP contribution in [0, 0.1) is 5.92 Å². The minimum absolute atomic E-state index is 0.177. The standard InChI is InChI=1S/C13H23NO3/c1-13(2,3)17-12(16)14-8-4-6-11(10-15)7-5-9-14/h10-11H,4-9H2,1-3H3. The summed E-state index contributed by atoms with van der Waals surface area (Å²) in [5.41, 5.74) is -0.440. The predicted molar refractivity (Wildman–Crippen MR) is 65.8 cm³/mol. The van der Waals surface area contributed by atoms with Gasteiger partial charge in [-0.2, -0.15) is 0 Å². The van der Waals surface area contributed by atoms with Gasteiger partial charge in [0.25, 0.3) is 0 Å². The maximum absolute atomic E-state index is 11.9. The molecule has 1 heterocycles. The number of nitrogens with zero attached hydrogens (tertiary/aromatic N) is 1. The van der Waals surface area contributed by atoms with E-state index in [-0.39, 0.29) is 12.0 Å². The van der Waals surface area contributed by atoms with E-state index < -0.39 is 5.60 Å². The first-order valence-corrected chi connectivity index (χ1v) is 6.35. The second-order valence-corrected chi connectivity index (χ2v) is 5.65. The lowest BCUT2D eigenvalue weighted by Crippen LogP contribution is -2.39. The molecule has 1 fully saturated rings. The Morgan fingerprint density at radius 3 is 2.18 bits per heavy atom. The Balaban J connectivity index is 2.45. The fourth-order valence-corrected chi connectivity index (χ4v) is 1.99. The van der Waals surface area contributed by atoms with Crippen molar-refractivity contribution in [3.8, 4) is 0 Å². The van der Waals surface area contributed by atoms with Gasteiger partial charge < -0.3 is 14.4 Å². The van der Waals surface area contributed by atoms with Gasteiger partial charge >= 0.3 is 6.09 Å². The molecule has 0 N–H and O–H groups in total. The summed E-state index contributed by atoms with van der Waals surface area (Å²) in [4.78, 5) is 24.3. The summed E-state index contributed by atoms with van der Waals surface area (Å²) >= 11 is 0. The van der Waals surface area contributed by atoms with Gasteiger partial charge in [0.15, 0.2) is 0 Å². The van der Waals surface area contributed by atoms with Crippen molar-refractivity contribution in [3.63, 3.8) is 0 Å². The number of rotatable bonds is 1. The van der Waals surface area contributed by atoms with Crippen molar-refractivity contribution in [2.24, 2.45) is 5.92 Å². The number of hydrogen-bond donors (Lipinski definition) is 0. The van der Waals surface area contributed by atoms with E-state index in [0.717, 1.165) is 32.0 Å². The average Bonchev–Trinajstić information content (AvgIpc) is 2.14. The third-order valence-corrected chi connectivity index (χ3v) is 2.85. The van der Waals surface area contributed by atoms with Crippen molar-refractivity contribution in [1.82, 2.24) is 4.90 Å². The number of carbonyl (C=O) groups is 2. The van der Waals surface area contributed by atoms with Gasteiger partial charge in [0.1, 0.15) is 11.9 Å². The van der Waals surface area contributed by atoms with E-state index in [4.69, 9.17) is 4.74 Å². The first-order valence-electron chi connectivity index (χ1n) is 6.35. The lowest BCUT2D eigenvalue weighted by atomic mass is 9.97. The highest BCUT2D eigenvalue weighted by molar-refractivity contribution is 5.68. The molecule has 0 spiro atoms. The minimum Gasteiger partial charge on any atom is -0.444 e. The molecule has 0 radical (unpaired) electrons. The summed E-state index contributed by atoms with van der Waals surface area (Å²) in [7, 11) is 0. The van der Waals surface area contributed by atoms with Gasteiger partial charge in [-0.15, -0.1) is 0 Å². The maximum atomic E-state index is 11.9. The number of carbonyl (C=O) groups excluding carboxylic acids is 2. The highest BCUT2D eigenvalue weighted by Crippen LogP contribution is 2.18. The Bertz CT molecular complexity index is 260. The van der Waals surface area contributed by atoms with Gasteiger partial charge in [-0.1, -0.05) is 0 Å². The van der Waals surface area contributed by atoms with Crippen LogP contribution in [0.5, 0.6) is 0 Å². The lowest BCUT2D eigenvalue weighted by molar-refractivity contribution is -0.111. The fraction of sp³-hybridized carbons (Fsp3) is 0.846. The third kappa shape index (κ3) is 5.20. The number of ether oxygens (including phenoxy) is 1. The van der Waals surface area contributed by atoms with Gasteiger partial charge in [-0.25, -0.2) is 4.79 Å². The highest BCUT2D eigenvalue weighted by atomic mass is 16.6. The SMILES string of the molecule is CC(C)(C)OC(=O)N1CCCC(C=O)CCC1. The predicted octanol–water partition coefficient (Wildman–Crippen LogP) is 2.61. The van der Waals surface area contributed by atoms with Crippen LogP contribution in [0.15, 0.2) is 0 Å². The summed E-state index contributed by atoms with van der Waals surface area (Å²) in [5.74, 6) is 0.177. The molecule has 0 aromatic heterocycles. The number of aldehydes is 1. The van der Waals surface area contributed by atoms with Crippen LogP contribution in [0.2, 0.25) is 0 Å². The number of hydrogen-bond acceptors (Lipinski definition) is 3. The van der Waals surface area contributed by atoms with Gasteiger partial charge in [0.2, 0.25) is 0 Å². The van der Waals surface area contributed by atoms with Crippen molar-refractivity contribution in [2.75, 3.05) is 13.1 Å². The molecule has 1 saturated heterocycles. The molecule has 4 heteroatoms. The van der Waals surface area contributed by atoms with Crippen LogP contribution in [0.25, 0.3) is 0 Å². The largest absolute Gasteiger partial charge is 0.444 e. The molecule has 0 saturated carbocycles. The molecule has 0 unspecified atom stereocenters. The van der Waals surface area contributed by atoms with E-state index in [9.17, 15) is 9.59 Å². The molecule has 1 aliphatic rings. The molecule has 17 heavy (non-hydrogen) atoms. The van der Waals surface area contributed by atoms with Gasteiger partial charge in [-0.05, 0) is 46.5 Å². The lowest BCUT2D eigenvalue weighted by Gasteiger charge is -2.29. The summed E-state index contributed by atoms with van der Waals surface area (Å²) in [6.07, 6.45) is 4.32. The molecule has 1 aliphatic heterocycles. The molecular formula is C13H23NO3. The second kappa shape index (κ2) is 6.03. The van der Waals surface area contributed by atoms with Crippen molar-refractivity contribution in [1.29, 1.82) is 0 Å². The van der Waals surface area contributed by atoms with Crippen LogP contribution in [0.4, 0.5) is 4.79 Å². The molecule has 0 bridgehead atoms. The molecule has 1 amide bonds. The first-order chi connectivity index (χ1) is 7.92. The van der Waals surface area contributed by atoms with E-state index in [1.165, 1.54) is 0 Å². The van der Waals surface area contributed by atoms with Crippen LogP contribution in [0.3, 0.4) is 0 Å². The van der Waals surface area contributed by atoms with Crippen molar-refractivity contribution in [2.45, 2.75) is 52.1 Å². The summed E-state index contributed by atoms with van der Waals surface area (Å²) in [6.45, 7) is 7.00. The molecule has 0 atom stereocenters. The van der Waals surface area contributed by atoms with E-state index in [1.807, 2.05) is 20.8 Å². The van der Waals surface area contributed by atoms with Gasteiger partial charge in [0.05, 0.1) is 0 Å². The fourth-order valence-electron chi connectivity index (χ4n) is 1.99. The maximum Gasteiger partial charge on any atom is 0.410 e. The summed E-state index contributed by atoms with van der Waals surface area (Å²) in [5, 5.41) is 0. The molecule has 1 rings (SSSR count). The van der Waals surface area contributed by atoms with Crippen molar-refractivity contribution in [3.05, 3.63) is 0 Å². The minimum atomic E-state index is -0.440. The Kier molecular flexibility index (Phi) is 4.97. The van der Waals surface area contributed by atoms with Crippen LogP contribution in [-0.2, 0) is 9.53 Å². The first kappa shape index (κ1) is 14.0. The highest BCUT2D eigenvalue weighted by Gasteiger charge is 2.23. The molecule has 4 nitrogen and oxygen atoms in total. The Morgan fingerprint density at radius 2 is 1.76 bits per heavy atom. The molecule has 0 aromatic rings. The van der Waals surface area contributed by atoms with E-state index in [1.54, 1.807) is 4.90 Å². The summed E-state index contributed by atoms with van der Waals surface area (Å²) < 4.78 is 5.34. The molecule has 0 aromatic carbocycles. The number of likely N-dealkylation sites (tertiary alicyclic amines) is 1. The number of amides is 1. The smallest absolute Gasteiger partial charge is 0.410 e. The van der Waals surface area contributed by atoms with Gasteiger partial charge in [-0.3, -0.25) is 0 Å². The molecule has 0 aliphatic carbocycles. The second-order valence-electron chi connectivity index (χ2n) is 5.65. The normalized spacial score (nSPS) is 19.4. The van der Waals surface area contributed by atoms with Crippen LogP contribution in [0.1, 0.15) is 46.5 Å². The van der Waals surface area contributed by atoms with Crippen molar-refractivity contribution >= 4 is 12.4 Å². The molecular weight excluding hydrogens is 218 g/mol. The van der Waals surface area contributed by atoms with E-state index in [2.05, 4.69) is 0 Å². The molecule has 98 valence electrons. The Hall–Kier alpha value is -1.06. The van der Waals surface area contributed by atoms with E-state index in [0.29, 0.717) is 13.1 Å². The Labute approximate surface area is 103 Å². The van der Waals surface area contributed by atoms with Gasteiger partial charge in [0, 0.05) is 19.0 Å². The van der Waals surface area contributed by atoms with E-state index >= 15 is 0 Å². The zero-order valence-electron chi connectivity index (χ0n) is 11.1. The van der Waals surface area contributed by atoms with Crippen molar-refractivity contribution < 1.29 is 14.3 Å². The monoisotopic (exact) mass is 241 g/mol.